The monoisotopic (exact) mass is 820 g/mol. The summed E-state index contributed by atoms with van der Waals surface area (Å²) < 4.78 is 23.2. The number of anilines is 2. The van der Waals surface area contributed by atoms with Gasteiger partial charge in [0.05, 0.1) is 36.5 Å². The van der Waals surface area contributed by atoms with E-state index in [1.165, 1.54) is 0 Å². The lowest BCUT2D eigenvalue weighted by Gasteiger charge is -2.30. The fourth-order valence-electron chi connectivity index (χ4n) is 7.79. The first kappa shape index (κ1) is 42.8. The molecule has 0 aliphatic heterocycles. The number of hydrogen-bond donors (Lipinski definition) is 4. The zero-order valence-electron chi connectivity index (χ0n) is 36.6. The molecule has 14 nitrogen and oxygen atoms in total. The molecular weight excluding hydrogens is 761 g/mol. The van der Waals surface area contributed by atoms with E-state index in [-0.39, 0.29) is 23.0 Å². The molecule has 2 aromatic carbocycles. The van der Waals surface area contributed by atoms with Crippen LogP contribution in [0.2, 0.25) is 0 Å². The summed E-state index contributed by atoms with van der Waals surface area (Å²) >= 11 is 0. The summed E-state index contributed by atoms with van der Waals surface area (Å²) in [6.07, 6.45) is 2.94. The van der Waals surface area contributed by atoms with E-state index < -0.39 is 0 Å². The van der Waals surface area contributed by atoms with Crippen molar-refractivity contribution in [3.05, 3.63) is 58.7 Å². The van der Waals surface area contributed by atoms with Gasteiger partial charge in [-0.3, -0.25) is 0 Å². The van der Waals surface area contributed by atoms with Crippen LogP contribution < -0.4 is 20.1 Å². The number of aryl methyl sites for hydroxylation is 2. The first-order valence-corrected chi connectivity index (χ1v) is 21.2. The number of hydrogen-bond acceptors (Lipinski definition) is 14. The topological polar surface area (TPSA) is 187 Å². The second-order valence-corrected chi connectivity index (χ2v) is 18.3. The Labute approximate surface area is 351 Å². The maximum Gasteiger partial charge on any atom is 0.315 e. The molecule has 2 aliphatic rings. The molecule has 8 rings (SSSR count). The highest BCUT2D eigenvalue weighted by atomic mass is 16.5. The van der Waals surface area contributed by atoms with E-state index in [9.17, 15) is 10.2 Å². The van der Waals surface area contributed by atoms with Crippen LogP contribution in [0.25, 0.3) is 45.0 Å². The van der Waals surface area contributed by atoms with Gasteiger partial charge in [-0.2, -0.15) is 0 Å². The molecule has 0 radical (unpaired) electrons. The summed E-state index contributed by atoms with van der Waals surface area (Å²) in [6.45, 7) is 23.8. The minimum Gasteiger partial charge on any atom is -0.494 e. The van der Waals surface area contributed by atoms with E-state index >= 15 is 0 Å². The summed E-state index contributed by atoms with van der Waals surface area (Å²) in [5.74, 6) is 3.40. The Morgan fingerprint density at radius 2 is 0.983 bits per heavy atom. The standard InChI is InChI=1S/2C23H30N4O3/c2*1-6-29-16-10-17-13(2)7-19(25-20(17)18(11-16)23(3,4)5)21-26-27-22(30-21)24-12-14-8-15(28)9-14/h2*7,10-11,14-15,28H,6,8-9,12H2,1-5H3,(H,24,27). The van der Waals surface area contributed by atoms with Crippen molar-refractivity contribution in [2.45, 2.75) is 118 Å². The SMILES string of the molecule is CCOc1cc(C(C)(C)C)c2nc(-c3nnc(NCC4CC(O)C4)o3)cc(C)c2c1.CCOc1cc(C(C)(C)C)c2nc(-c3nnc(NCC4CC(O)C4)o3)cc(C)c2c1. The van der Waals surface area contributed by atoms with Gasteiger partial charge >= 0.3 is 12.0 Å². The number of nitrogens with one attached hydrogen (secondary N) is 2. The second kappa shape index (κ2) is 17.3. The third-order valence-electron chi connectivity index (χ3n) is 11.2. The molecule has 0 unspecified atom stereocenters. The van der Waals surface area contributed by atoms with E-state index in [4.69, 9.17) is 28.3 Å². The predicted octanol–water partition coefficient (Wildman–Crippen LogP) is 8.94. The Balaban J connectivity index is 0.000000181. The van der Waals surface area contributed by atoms with E-state index in [0.29, 0.717) is 60.2 Å². The molecule has 14 heteroatoms. The number of nitrogens with zero attached hydrogens (tertiary/aromatic N) is 6. The van der Waals surface area contributed by atoms with Crippen LogP contribution in [0, 0.1) is 25.7 Å². The number of fused-ring (bicyclic) bond motifs is 2. The highest BCUT2D eigenvalue weighted by molar-refractivity contribution is 5.90. The van der Waals surface area contributed by atoms with Gasteiger partial charge in [0, 0.05) is 23.9 Å². The summed E-state index contributed by atoms with van der Waals surface area (Å²) in [5.41, 5.74) is 7.38. The molecule has 0 amide bonds. The first-order valence-electron chi connectivity index (χ1n) is 21.2. The van der Waals surface area contributed by atoms with Gasteiger partial charge in [-0.15, -0.1) is 10.2 Å². The lowest BCUT2D eigenvalue weighted by atomic mass is 9.82. The average Bonchev–Trinajstić information content (AvgIpc) is 3.84. The fourth-order valence-corrected chi connectivity index (χ4v) is 7.79. The molecule has 0 spiro atoms. The number of aliphatic hydroxyl groups excluding tert-OH is 2. The minimum absolute atomic E-state index is 0.0989. The Morgan fingerprint density at radius 3 is 1.32 bits per heavy atom. The molecule has 6 aromatic rings. The van der Waals surface area contributed by atoms with Gasteiger partial charge in [0.25, 0.3) is 11.8 Å². The van der Waals surface area contributed by atoms with Crippen LogP contribution in [0.5, 0.6) is 11.5 Å². The van der Waals surface area contributed by atoms with Crippen LogP contribution >= 0.6 is 0 Å². The number of rotatable bonds is 12. The highest BCUT2D eigenvalue weighted by Gasteiger charge is 2.29. The van der Waals surface area contributed by atoms with E-state index in [2.05, 4.69) is 98.6 Å². The third kappa shape index (κ3) is 9.65. The Morgan fingerprint density at radius 1 is 0.600 bits per heavy atom. The molecule has 2 aliphatic carbocycles. The molecule has 320 valence electrons. The van der Waals surface area contributed by atoms with Crippen molar-refractivity contribution in [2.75, 3.05) is 36.9 Å². The number of pyridine rings is 2. The fraction of sp³-hybridized carbons (Fsp3) is 0.522. The van der Waals surface area contributed by atoms with Crippen LogP contribution in [-0.4, -0.2) is 79.1 Å². The van der Waals surface area contributed by atoms with E-state index in [0.717, 1.165) is 94.3 Å². The van der Waals surface area contributed by atoms with Gasteiger partial charge in [0.1, 0.15) is 22.9 Å². The Kier molecular flexibility index (Phi) is 12.4. The van der Waals surface area contributed by atoms with Crippen molar-refractivity contribution < 1.29 is 28.5 Å². The molecule has 2 saturated carbocycles. The van der Waals surface area contributed by atoms with E-state index in [1.54, 1.807) is 0 Å². The van der Waals surface area contributed by atoms with Gasteiger partial charge in [0.2, 0.25) is 0 Å². The number of aliphatic hydroxyl groups is 2. The smallest absolute Gasteiger partial charge is 0.315 e. The van der Waals surface area contributed by atoms with Gasteiger partial charge < -0.3 is 39.2 Å². The van der Waals surface area contributed by atoms with Crippen molar-refractivity contribution in [2.24, 2.45) is 11.8 Å². The molecule has 0 saturated heterocycles. The molecule has 4 aromatic heterocycles. The van der Waals surface area contributed by atoms with Gasteiger partial charge in [-0.25, -0.2) is 9.97 Å². The average molecular weight is 821 g/mol. The van der Waals surface area contributed by atoms with Crippen molar-refractivity contribution in [1.29, 1.82) is 0 Å². The van der Waals surface area contributed by atoms with Crippen LogP contribution in [-0.2, 0) is 10.8 Å². The maximum absolute atomic E-state index is 9.41. The van der Waals surface area contributed by atoms with Gasteiger partial charge in [-0.05, 0) is 135 Å². The number of benzene rings is 2. The van der Waals surface area contributed by atoms with Gasteiger partial charge in [-0.1, -0.05) is 51.7 Å². The van der Waals surface area contributed by atoms with Crippen LogP contribution in [0.15, 0.2) is 45.2 Å². The molecule has 0 atom stereocenters. The predicted molar refractivity (Wildman–Crippen MR) is 234 cm³/mol. The number of aromatic nitrogens is 6. The second-order valence-electron chi connectivity index (χ2n) is 18.3. The molecule has 4 heterocycles. The Bertz CT molecular complexity index is 2270. The van der Waals surface area contributed by atoms with Crippen LogP contribution in [0.4, 0.5) is 12.0 Å². The van der Waals surface area contributed by atoms with Crippen LogP contribution in [0.1, 0.15) is 103 Å². The Hall–Kier alpha value is -5.34. The van der Waals surface area contributed by atoms with Crippen molar-refractivity contribution in [1.82, 2.24) is 30.4 Å². The molecular formula is C46H60N8O6. The lowest BCUT2D eigenvalue weighted by Crippen LogP contribution is -2.33. The van der Waals surface area contributed by atoms with Gasteiger partial charge in [0.15, 0.2) is 0 Å². The molecule has 60 heavy (non-hydrogen) atoms. The highest BCUT2D eigenvalue weighted by Crippen LogP contribution is 2.38. The summed E-state index contributed by atoms with van der Waals surface area (Å²) in [7, 11) is 0. The number of ether oxygens (including phenoxy) is 2. The van der Waals surface area contributed by atoms with Crippen molar-refractivity contribution >= 4 is 33.8 Å². The third-order valence-corrected chi connectivity index (χ3v) is 11.2. The van der Waals surface area contributed by atoms with Crippen molar-refractivity contribution in [3.63, 3.8) is 0 Å². The minimum atomic E-state index is -0.167. The largest absolute Gasteiger partial charge is 0.494 e. The van der Waals surface area contributed by atoms with Crippen LogP contribution in [0.3, 0.4) is 0 Å². The zero-order chi connectivity index (χ0) is 42.9. The molecule has 2 fully saturated rings. The summed E-state index contributed by atoms with van der Waals surface area (Å²) in [5, 5.41) is 43.9. The first-order chi connectivity index (χ1) is 28.5. The summed E-state index contributed by atoms with van der Waals surface area (Å²) in [4.78, 5) is 9.81. The quantitative estimate of drug-likeness (QED) is 0.0916. The normalized spacial score (nSPS) is 19.0. The zero-order valence-corrected chi connectivity index (χ0v) is 36.6. The molecule has 0 bridgehead atoms. The van der Waals surface area contributed by atoms with Crippen molar-refractivity contribution in [3.8, 4) is 34.7 Å². The lowest BCUT2D eigenvalue weighted by molar-refractivity contribution is 0.0481. The van der Waals surface area contributed by atoms with E-state index in [1.807, 2.05) is 38.1 Å². The summed E-state index contributed by atoms with van der Waals surface area (Å²) in [6, 6.07) is 13.0. The molecule has 4 N–H and O–H groups in total. The maximum atomic E-state index is 9.41.